The van der Waals surface area contributed by atoms with Gasteiger partial charge in [-0.15, -0.1) is 0 Å². The van der Waals surface area contributed by atoms with Gasteiger partial charge in [0, 0.05) is 5.56 Å². The fraction of sp³-hybridized carbons (Fsp3) is 0.588. The predicted molar refractivity (Wildman–Crippen MR) is 81.7 cm³/mol. The number of hydrogen-bond donors (Lipinski definition) is 1. The normalized spacial score (nSPS) is 17.6. The topological polar surface area (TPSA) is 46.7 Å². The van der Waals surface area contributed by atoms with Crippen LogP contribution in [0, 0.1) is 11.3 Å². The maximum atomic E-state index is 9.63. The maximum absolute atomic E-state index is 9.63. The highest BCUT2D eigenvalue weighted by atomic mass is 16.5. The molecule has 1 heterocycles. The van der Waals surface area contributed by atoms with Gasteiger partial charge in [0.25, 0.3) is 0 Å². The van der Waals surface area contributed by atoms with Crippen molar-refractivity contribution >= 4 is 0 Å². The molecule has 114 valence electrons. The molecule has 4 heteroatoms. The van der Waals surface area contributed by atoms with E-state index in [2.05, 4.69) is 6.07 Å². The predicted octanol–water partition coefficient (Wildman–Crippen LogP) is 2.12. The summed E-state index contributed by atoms with van der Waals surface area (Å²) in [6.45, 7) is 4.70. The van der Waals surface area contributed by atoms with E-state index in [9.17, 15) is 5.26 Å². The van der Waals surface area contributed by atoms with E-state index in [1.165, 1.54) is 30.6 Å². The molecule has 1 aromatic rings. The molecule has 0 aromatic heterocycles. The highest BCUT2D eigenvalue weighted by Crippen LogP contribution is 2.29. The minimum absolute atomic E-state index is 0.117. The molecular weight excluding hydrogens is 264 g/mol. The smallest absolute Gasteiger partial charge is 0.200 e. The number of nitrogens with zero attached hydrogens (tertiary/aromatic N) is 1. The third-order valence-electron chi connectivity index (χ3n) is 4.10. The molecular formula is C17H25N2O2+. The molecule has 0 amide bonds. The second-order valence-corrected chi connectivity index (χ2v) is 5.48. The Balaban J connectivity index is 2.24. The van der Waals surface area contributed by atoms with Crippen LogP contribution in [0.1, 0.15) is 44.2 Å². The van der Waals surface area contributed by atoms with Crippen LogP contribution in [0.4, 0.5) is 0 Å². The van der Waals surface area contributed by atoms with Crippen molar-refractivity contribution in [3.8, 4) is 17.6 Å². The van der Waals surface area contributed by atoms with E-state index < -0.39 is 0 Å². The van der Waals surface area contributed by atoms with Crippen molar-refractivity contribution in [3.63, 3.8) is 0 Å². The Morgan fingerprint density at radius 1 is 1.19 bits per heavy atom. The van der Waals surface area contributed by atoms with Crippen LogP contribution in [0.2, 0.25) is 0 Å². The average Bonchev–Trinajstić information content (AvgIpc) is 2.78. The Labute approximate surface area is 127 Å². The van der Waals surface area contributed by atoms with Crippen molar-refractivity contribution in [2.24, 2.45) is 0 Å². The summed E-state index contributed by atoms with van der Waals surface area (Å²) in [4.78, 5) is 1.38. The zero-order chi connectivity index (χ0) is 15.1. The highest BCUT2D eigenvalue weighted by molar-refractivity contribution is 5.44. The minimum Gasteiger partial charge on any atom is -0.493 e. The molecule has 0 aliphatic carbocycles. The summed E-state index contributed by atoms with van der Waals surface area (Å²) >= 11 is 0. The maximum Gasteiger partial charge on any atom is 0.200 e. The van der Waals surface area contributed by atoms with Crippen LogP contribution in [-0.4, -0.2) is 26.8 Å². The van der Waals surface area contributed by atoms with Gasteiger partial charge in [-0.2, -0.15) is 5.26 Å². The zero-order valence-electron chi connectivity index (χ0n) is 13.0. The largest absolute Gasteiger partial charge is 0.493 e. The lowest BCUT2D eigenvalue weighted by molar-refractivity contribution is -0.922. The molecule has 0 saturated carbocycles. The molecule has 0 bridgehead atoms. The number of rotatable bonds is 5. The Hall–Kier alpha value is -1.73. The Morgan fingerprint density at radius 3 is 2.48 bits per heavy atom. The van der Waals surface area contributed by atoms with Gasteiger partial charge in [0.15, 0.2) is 11.5 Å². The standard InChI is InChI=1S/C17H24N2O2/c1-3-21-17-12-14(8-9-16(17)20-2)15(13-18)19-10-6-4-5-7-11-19/h8-9,12,15H,3-7,10-11H2,1-2H3/p+1/t15-/m0/s1. The molecule has 1 saturated heterocycles. The lowest BCUT2D eigenvalue weighted by atomic mass is 10.1. The Bertz CT molecular complexity index is 488. The minimum atomic E-state index is -0.117. The Kier molecular flexibility index (Phi) is 5.89. The van der Waals surface area contributed by atoms with Crippen molar-refractivity contribution < 1.29 is 14.4 Å². The first-order valence-electron chi connectivity index (χ1n) is 7.85. The van der Waals surface area contributed by atoms with E-state index in [1.807, 2.05) is 25.1 Å². The number of methoxy groups -OCH3 is 1. The van der Waals surface area contributed by atoms with Crippen molar-refractivity contribution in [3.05, 3.63) is 23.8 Å². The molecule has 1 fully saturated rings. The first kappa shape index (κ1) is 15.7. The number of quaternary nitrogens is 1. The first-order valence-corrected chi connectivity index (χ1v) is 7.85. The Morgan fingerprint density at radius 2 is 1.90 bits per heavy atom. The fourth-order valence-electron chi connectivity index (χ4n) is 3.01. The zero-order valence-corrected chi connectivity index (χ0v) is 13.0. The van der Waals surface area contributed by atoms with Gasteiger partial charge in [-0.3, -0.25) is 0 Å². The van der Waals surface area contributed by atoms with Gasteiger partial charge in [-0.05, 0) is 50.8 Å². The molecule has 0 unspecified atom stereocenters. The second-order valence-electron chi connectivity index (χ2n) is 5.48. The number of benzene rings is 1. The van der Waals surface area contributed by atoms with Crippen molar-refractivity contribution in [1.29, 1.82) is 5.26 Å². The molecule has 1 aromatic carbocycles. The van der Waals surface area contributed by atoms with Crippen LogP contribution in [0.5, 0.6) is 11.5 Å². The van der Waals surface area contributed by atoms with E-state index in [-0.39, 0.29) is 6.04 Å². The molecule has 21 heavy (non-hydrogen) atoms. The van der Waals surface area contributed by atoms with Crippen LogP contribution in [0.25, 0.3) is 0 Å². The van der Waals surface area contributed by atoms with Gasteiger partial charge in [-0.25, -0.2) is 0 Å². The van der Waals surface area contributed by atoms with Gasteiger partial charge in [0.1, 0.15) is 6.07 Å². The summed E-state index contributed by atoms with van der Waals surface area (Å²) in [6.07, 6.45) is 4.99. The van der Waals surface area contributed by atoms with E-state index in [0.717, 1.165) is 30.2 Å². The summed E-state index contributed by atoms with van der Waals surface area (Å²) in [5.74, 6) is 1.45. The molecule has 0 radical (unpaired) electrons. The van der Waals surface area contributed by atoms with Crippen molar-refractivity contribution in [2.45, 2.75) is 38.6 Å². The van der Waals surface area contributed by atoms with Gasteiger partial charge < -0.3 is 14.4 Å². The van der Waals surface area contributed by atoms with Crippen LogP contribution in [0.15, 0.2) is 18.2 Å². The van der Waals surface area contributed by atoms with Crippen LogP contribution < -0.4 is 14.4 Å². The van der Waals surface area contributed by atoms with E-state index in [1.54, 1.807) is 7.11 Å². The van der Waals surface area contributed by atoms with Crippen LogP contribution >= 0.6 is 0 Å². The van der Waals surface area contributed by atoms with Gasteiger partial charge >= 0.3 is 0 Å². The third-order valence-corrected chi connectivity index (χ3v) is 4.10. The van der Waals surface area contributed by atoms with Crippen molar-refractivity contribution in [2.75, 3.05) is 26.8 Å². The number of hydrogen-bond acceptors (Lipinski definition) is 3. The van der Waals surface area contributed by atoms with E-state index in [4.69, 9.17) is 9.47 Å². The molecule has 0 spiro atoms. The summed E-state index contributed by atoms with van der Waals surface area (Å²) in [7, 11) is 1.64. The molecule has 1 aliphatic rings. The lowest BCUT2D eigenvalue weighted by Crippen LogP contribution is -3.12. The van der Waals surface area contributed by atoms with Gasteiger partial charge in [0.05, 0.1) is 26.8 Å². The molecule has 4 nitrogen and oxygen atoms in total. The van der Waals surface area contributed by atoms with Gasteiger partial charge in [-0.1, -0.05) is 0 Å². The quantitative estimate of drug-likeness (QED) is 0.903. The monoisotopic (exact) mass is 289 g/mol. The summed E-state index contributed by atoms with van der Waals surface area (Å²) in [5.41, 5.74) is 1.03. The van der Waals surface area contributed by atoms with Gasteiger partial charge in [0.2, 0.25) is 6.04 Å². The van der Waals surface area contributed by atoms with Crippen molar-refractivity contribution in [1.82, 2.24) is 0 Å². The summed E-state index contributed by atoms with van der Waals surface area (Å²) < 4.78 is 10.9. The highest BCUT2D eigenvalue weighted by Gasteiger charge is 2.25. The molecule has 1 N–H and O–H groups in total. The first-order chi connectivity index (χ1) is 10.3. The molecule has 1 aliphatic heterocycles. The third kappa shape index (κ3) is 3.89. The van der Waals surface area contributed by atoms with Crippen LogP contribution in [0.3, 0.4) is 0 Å². The number of nitrogens with one attached hydrogen (secondary N) is 1. The fourth-order valence-corrected chi connectivity index (χ4v) is 3.01. The number of likely N-dealkylation sites (tertiary alicyclic amines) is 1. The number of ether oxygens (including phenoxy) is 2. The molecule has 2 rings (SSSR count). The van der Waals surface area contributed by atoms with Crippen LogP contribution in [-0.2, 0) is 0 Å². The number of nitriles is 1. The van der Waals surface area contributed by atoms with E-state index >= 15 is 0 Å². The molecule has 1 atom stereocenters. The summed E-state index contributed by atoms with van der Waals surface area (Å²) in [5, 5.41) is 9.63. The second kappa shape index (κ2) is 7.90. The SMILES string of the molecule is CCOc1cc([C@H](C#N)[NH+]2CCCCCC2)ccc1OC. The average molecular weight is 289 g/mol. The summed E-state index contributed by atoms with van der Waals surface area (Å²) in [6, 6.07) is 8.24. The van der Waals surface area contributed by atoms with E-state index in [0.29, 0.717) is 6.61 Å². The lowest BCUT2D eigenvalue weighted by Gasteiger charge is -2.23.